The van der Waals surface area contributed by atoms with Crippen molar-refractivity contribution in [2.75, 3.05) is 11.9 Å². The Balaban J connectivity index is 1.28. The number of fused-ring (bicyclic) bond motifs is 1. The van der Waals surface area contributed by atoms with Crippen LogP contribution in [0.25, 0.3) is 11.3 Å². The third-order valence-electron chi connectivity index (χ3n) is 4.97. The Hall–Kier alpha value is -3.37. The van der Waals surface area contributed by atoms with Crippen molar-refractivity contribution in [3.8, 4) is 11.3 Å². The molecule has 5 rings (SSSR count). The van der Waals surface area contributed by atoms with Crippen LogP contribution in [0.3, 0.4) is 0 Å². The molecule has 0 atom stereocenters. The van der Waals surface area contributed by atoms with Crippen molar-refractivity contribution in [2.45, 2.75) is 13.0 Å². The van der Waals surface area contributed by atoms with E-state index in [9.17, 15) is 14.0 Å². The van der Waals surface area contributed by atoms with Gasteiger partial charge in [-0.2, -0.15) is 16.4 Å². The number of thiazole rings is 1. The SMILES string of the molecule is O=C(Nc1nc2c(s1)CN(C(=O)c1cc(-c3ccc(F)cc3)n[nH]1)CC2)c1ccsc1. The molecule has 1 aromatic carbocycles. The van der Waals surface area contributed by atoms with Gasteiger partial charge in [0, 0.05) is 28.8 Å². The molecule has 4 heterocycles. The monoisotopic (exact) mass is 453 g/mol. The van der Waals surface area contributed by atoms with Crippen LogP contribution in [0.15, 0.2) is 47.2 Å². The van der Waals surface area contributed by atoms with E-state index in [0.29, 0.717) is 41.6 Å². The molecule has 0 saturated carbocycles. The van der Waals surface area contributed by atoms with Crippen molar-refractivity contribution in [1.29, 1.82) is 0 Å². The molecule has 4 aromatic rings. The predicted octanol–water partition coefficient (Wildman–Crippen LogP) is 4.18. The van der Waals surface area contributed by atoms with Gasteiger partial charge in [-0.05, 0) is 41.8 Å². The molecule has 2 amide bonds. The van der Waals surface area contributed by atoms with Gasteiger partial charge in [0.25, 0.3) is 11.8 Å². The molecule has 31 heavy (non-hydrogen) atoms. The summed E-state index contributed by atoms with van der Waals surface area (Å²) in [5.41, 5.74) is 3.19. The normalized spacial score (nSPS) is 13.1. The number of hydrogen-bond acceptors (Lipinski definition) is 6. The zero-order valence-corrected chi connectivity index (χ0v) is 17.7. The van der Waals surface area contributed by atoms with Crippen LogP contribution >= 0.6 is 22.7 Å². The fraction of sp³-hybridized carbons (Fsp3) is 0.143. The van der Waals surface area contributed by atoms with Gasteiger partial charge in [-0.15, -0.1) is 0 Å². The van der Waals surface area contributed by atoms with Crippen LogP contribution in [0, 0.1) is 5.82 Å². The lowest BCUT2D eigenvalue weighted by Crippen LogP contribution is -2.35. The molecule has 10 heteroatoms. The van der Waals surface area contributed by atoms with Gasteiger partial charge in [-0.1, -0.05) is 11.3 Å². The first-order valence-corrected chi connectivity index (χ1v) is 11.3. The van der Waals surface area contributed by atoms with E-state index in [4.69, 9.17) is 0 Å². The zero-order valence-electron chi connectivity index (χ0n) is 16.1. The van der Waals surface area contributed by atoms with Gasteiger partial charge in [0.1, 0.15) is 11.5 Å². The molecule has 0 unspecified atom stereocenters. The molecule has 0 radical (unpaired) electrons. The van der Waals surface area contributed by atoms with E-state index in [1.165, 1.54) is 34.8 Å². The van der Waals surface area contributed by atoms with Gasteiger partial charge in [-0.3, -0.25) is 20.0 Å². The number of aromatic nitrogens is 3. The number of amides is 2. The number of thiophene rings is 1. The van der Waals surface area contributed by atoms with Crippen molar-refractivity contribution in [3.05, 3.63) is 74.8 Å². The molecule has 1 aliphatic heterocycles. The van der Waals surface area contributed by atoms with Gasteiger partial charge in [0.2, 0.25) is 0 Å². The number of hydrogen-bond donors (Lipinski definition) is 2. The second-order valence-electron chi connectivity index (χ2n) is 7.01. The maximum absolute atomic E-state index is 13.1. The van der Waals surface area contributed by atoms with E-state index in [-0.39, 0.29) is 17.6 Å². The van der Waals surface area contributed by atoms with Gasteiger partial charge in [0.05, 0.1) is 23.5 Å². The van der Waals surface area contributed by atoms with Crippen LogP contribution in [0.1, 0.15) is 31.4 Å². The second-order valence-corrected chi connectivity index (χ2v) is 8.87. The molecule has 1 aliphatic rings. The number of halogens is 1. The quantitative estimate of drug-likeness (QED) is 0.485. The lowest BCUT2D eigenvalue weighted by atomic mass is 10.1. The van der Waals surface area contributed by atoms with E-state index in [1.807, 2.05) is 5.38 Å². The summed E-state index contributed by atoms with van der Waals surface area (Å²) < 4.78 is 13.1. The van der Waals surface area contributed by atoms with Crippen LogP contribution in [0.2, 0.25) is 0 Å². The Morgan fingerprint density at radius 3 is 2.81 bits per heavy atom. The Morgan fingerprint density at radius 1 is 1.19 bits per heavy atom. The molecule has 0 spiro atoms. The molecule has 0 fully saturated rings. The number of nitrogens with zero attached hydrogens (tertiary/aromatic N) is 3. The van der Waals surface area contributed by atoms with E-state index in [0.717, 1.165) is 16.1 Å². The third-order valence-corrected chi connectivity index (χ3v) is 6.65. The number of aromatic amines is 1. The van der Waals surface area contributed by atoms with E-state index < -0.39 is 0 Å². The number of benzene rings is 1. The molecule has 7 nitrogen and oxygen atoms in total. The van der Waals surface area contributed by atoms with Crippen LogP contribution in [0.4, 0.5) is 9.52 Å². The Kier molecular flexibility index (Phi) is 5.08. The fourth-order valence-corrected chi connectivity index (χ4v) is 5.01. The third kappa shape index (κ3) is 3.99. The Bertz CT molecular complexity index is 1250. The summed E-state index contributed by atoms with van der Waals surface area (Å²) in [7, 11) is 0. The van der Waals surface area contributed by atoms with Crippen molar-refractivity contribution in [3.63, 3.8) is 0 Å². The highest BCUT2D eigenvalue weighted by Crippen LogP contribution is 2.29. The number of carbonyl (C=O) groups excluding carboxylic acids is 2. The molecule has 2 N–H and O–H groups in total. The van der Waals surface area contributed by atoms with E-state index >= 15 is 0 Å². The minimum Gasteiger partial charge on any atom is -0.332 e. The summed E-state index contributed by atoms with van der Waals surface area (Å²) in [6.45, 7) is 0.948. The number of anilines is 1. The topological polar surface area (TPSA) is 91.0 Å². The molecule has 0 bridgehead atoms. The van der Waals surface area contributed by atoms with Gasteiger partial charge < -0.3 is 4.90 Å². The lowest BCUT2D eigenvalue weighted by Gasteiger charge is -2.25. The van der Waals surface area contributed by atoms with Crippen LogP contribution < -0.4 is 5.32 Å². The van der Waals surface area contributed by atoms with Gasteiger partial charge in [-0.25, -0.2) is 9.37 Å². The maximum atomic E-state index is 13.1. The lowest BCUT2D eigenvalue weighted by molar-refractivity contribution is 0.0730. The number of rotatable bonds is 4. The molecule has 3 aromatic heterocycles. The highest BCUT2D eigenvalue weighted by Gasteiger charge is 2.26. The molecule has 0 aliphatic carbocycles. The maximum Gasteiger partial charge on any atom is 0.272 e. The molecular formula is C21H16FN5O2S2. The van der Waals surface area contributed by atoms with Crippen molar-refractivity contribution in [1.82, 2.24) is 20.1 Å². The second kappa shape index (κ2) is 8.05. The van der Waals surface area contributed by atoms with Crippen molar-refractivity contribution >= 4 is 39.6 Å². The predicted molar refractivity (Wildman–Crippen MR) is 117 cm³/mol. The number of carbonyl (C=O) groups is 2. The van der Waals surface area contributed by atoms with E-state index in [1.54, 1.807) is 34.5 Å². The first-order valence-electron chi connectivity index (χ1n) is 9.49. The van der Waals surface area contributed by atoms with Crippen LogP contribution in [-0.2, 0) is 13.0 Å². The molecular weight excluding hydrogens is 437 g/mol. The largest absolute Gasteiger partial charge is 0.332 e. The van der Waals surface area contributed by atoms with E-state index in [2.05, 4.69) is 20.5 Å². The number of nitrogens with one attached hydrogen (secondary N) is 2. The summed E-state index contributed by atoms with van der Waals surface area (Å²) in [5, 5.41) is 14.0. The zero-order chi connectivity index (χ0) is 21.4. The summed E-state index contributed by atoms with van der Waals surface area (Å²) in [6.07, 6.45) is 0.616. The first-order chi connectivity index (χ1) is 15.1. The summed E-state index contributed by atoms with van der Waals surface area (Å²) >= 11 is 2.85. The number of H-pyrrole nitrogens is 1. The van der Waals surface area contributed by atoms with Crippen molar-refractivity contribution in [2.24, 2.45) is 0 Å². The summed E-state index contributed by atoms with van der Waals surface area (Å²) in [5.74, 6) is -0.676. The summed E-state index contributed by atoms with van der Waals surface area (Å²) in [6, 6.07) is 9.39. The average Bonchev–Trinajstić information content (AvgIpc) is 3.53. The average molecular weight is 454 g/mol. The highest BCUT2D eigenvalue weighted by molar-refractivity contribution is 7.16. The van der Waals surface area contributed by atoms with Gasteiger partial charge in [0.15, 0.2) is 5.13 Å². The minimum atomic E-state index is -0.324. The smallest absolute Gasteiger partial charge is 0.272 e. The van der Waals surface area contributed by atoms with Crippen LogP contribution in [-0.4, -0.2) is 38.4 Å². The van der Waals surface area contributed by atoms with Crippen LogP contribution in [0.5, 0.6) is 0 Å². The van der Waals surface area contributed by atoms with Crippen molar-refractivity contribution < 1.29 is 14.0 Å². The minimum absolute atomic E-state index is 0.163. The Labute approximate surface area is 184 Å². The Morgan fingerprint density at radius 2 is 2.03 bits per heavy atom. The standard InChI is InChI=1S/C21H16FN5O2S2/c22-14-3-1-12(2-4-14)16-9-17(26-25-16)20(29)27-7-5-15-18(10-27)31-21(23-15)24-19(28)13-6-8-30-11-13/h1-4,6,8-9,11H,5,7,10H2,(H,25,26)(H,23,24,28). The molecule has 156 valence electrons. The first kappa shape index (κ1) is 19.6. The molecule has 0 saturated heterocycles. The summed E-state index contributed by atoms with van der Waals surface area (Å²) in [4.78, 5) is 32.4. The highest BCUT2D eigenvalue weighted by atomic mass is 32.1. The fourth-order valence-electron chi connectivity index (χ4n) is 3.36. The van der Waals surface area contributed by atoms with Gasteiger partial charge >= 0.3 is 0 Å².